The first kappa shape index (κ1) is 15.3. The lowest BCUT2D eigenvalue weighted by Gasteiger charge is -2.24. The van der Waals surface area contributed by atoms with E-state index >= 15 is 0 Å². The van der Waals surface area contributed by atoms with Crippen molar-refractivity contribution in [3.05, 3.63) is 22.7 Å². The van der Waals surface area contributed by atoms with Crippen LogP contribution in [0.25, 0.3) is 0 Å². The van der Waals surface area contributed by atoms with E-state index in [9.17, 15) is 18.3 Å². The van der Waals surface area contributed by atoms with Crippen LogP contribution in [0, 0.1) is 5.41 Å². The topological polar surface area (TPSA) is 74.7 Å². The normalized spacial score (nSPS) is 23.1. The van der Waals surface area contributed by atoms with Crippen LogP contribution in [0.4, 0.5) is 5.69 Å². The summed E-state index contributed by atoms with van der Waals surface area (Å²) in [5.41, 5.74) is -0.288. The molecule has 0 radical (unpaired) electrons. The lowest BCUT2D eigenvalue weighted by Crippen LogP contribution is -2.32. The minimum absolute atomic E-state index is 0.224. The number of sulfone groups is 1. The molecule has 1 fully saturated rings. The van der Waals surface area contributed by atoms with E-state index < -0.39 is 21.2 Å². The first-order valence-corrected chi connectivity index (χ1v) is 8.80. The SMILES string of the molecule is CC1(C(=O)O)CCN(c2c(Br)cccc2S(C)(=O)=O)C1. The summed E-state index contributed by atoms with van der Waals surface area (Å²) in [5.74, 6) is -0.854. The van der Waals surface area contributed by atoms with Crippen LogP contribution >= 0.6 is 15.9 Å². The molecule has 0 spiro atoms. The number of nitrogens with zero attached hydrogens (tertiary/aromatic N) is 1. The molecule has 20 heavy (non-hydrogen) atoms. The monoisotopic (exact) mass is 361 g/mol. The van der Waals surface area contributed by atoms with Gasteiger partial charge >= 0.3 is 5.97 Å². The van der Waals surface area contributed by atoms with Gasteiger partial charge in [0, 0.05) is 23.8 Å². The number of rotatable bonds is 3. The van der Waals surface area contributed by atoms with Crippen LogP contribution in [0.5, 0.6) is 0 Å². The second-order valence-electron chi connectivity index (χ2n) is 5.40. The zero-order valence-corrected chi connectivity index (χ0v) is 13.7. The summed E-state index contributed by atoms with van der Waals surface area (Å²) in [6, 6.07) is 4.97. The number of carbonyl (C=O) groups is 1. The van der Waals surface area contributed by atoms with Crippen LogP contribution in [0.2, 0.25) is 0 Å². The Morgan fingerprint density at radius 2 is 2.10 bits per heavy atom. The largest absolute Gasteiger partial charge is 0.481 e. The van der Waals surface area contributed by atoms with Gasteiger partial charge < -0.3 is 10.0 Å². The standard InChI is InChI=1S/C13H16BrNO4S/c1-13(12(16)17)6-7-15(8-13)11-9(14)4-3-5-10(11)20(2,18)19/h3-5H,6-8H2,1-2H3,(H,16,17). The number of benzene rings is 1. The van der Waals surface area contributed by atoms with Gasteiger partial charge in [-0.05, 0) is 41.4 Å². The number of carboxylic acids is 1. The molecule has 110 valence electrons. The van der Waals surface area contributed by atoms with Gasteiger partial charge in [-0.15, -0.1) is 0 Å². The van der Waals surface area contributed by atoms with Gasteiger partial charge in [0.2, 0.25) is 0 Å². The van der Waals surface area contributed by atoms with Gasteiger partial charge in [-0.3, -0.25) is 4.79 Å². The van der Waals surface area contributed by atoms with Crippen LogP contribution < -0.4 is 4.90 Å². The fourth-order valence-electron chi connectivity index (χ4n) is 2.43. The van der Waals surface area contributed by atoms with Crippen LogP contribution in [0.3, 0.4) is 0 Å². The second kappa shape index (κ2) is 5.04. The molecular weight excluding hydrogens is 346 g/mol. The Kier molecular flexibility index (Phi) is 3.85. The molecule has 1 aromatic rings. The number of halogens is 1. The maximum absolute atomic E-state index is 11.9. The summed E-state index contributed by atoms with van der Waals surface area (Å²) in [5, 5.41) is 9.28. The lowest BCUT2D eigenvalue weighted by molar-refractivity contribution is -0.146. The maximum Gasteiger partial charge on any atom is 0.311 e. The van der Waals surface area contributed by atoms with Crippen molar-refractivity contribution in [1.29, 1.82) is 0 Å². The highest BCUT2D eigenvalue weighted by Crippen LogP contribution is 2.40. The van der Waals surface area contributed by atoms with Crippen molar-refractivity contribution >= 4 is 37.4 Å². The van der Waals surface area contributed by atoms with Crippen molar-refractivity contribution in [2.24, 2.45) is 5.41 Å². The zero-order chi connectivity index (χ0) is 15.1. The van der Waals surface area contributed by atoms with Gasteiger partial charge in [-0.2, -0.15) is 0 Å². The van der Waals surface area contributed by atoms with Gasteiger partial charge in [-0.1, -0.05) is 6.07 Å². The van der Waals surface area contributed by atoms with Gasteiger partial charge in [0.05, 0.1) is 16.0 Å². The molecule has 0 aliphatic carbocycles. The first-order valence-electron chi connectivity index (χ1n) is 6.12. The van der Waals surface area contributed by atoms with Gasteiger partial charge in [-0.25, -0.2) is 8.42 Å². The highest BCUT2D eigenvalue weighted by Gasteiger charge is 2.41. The summed E-state index contributed by atoms with van der Waals surface area (Å²) < 4.78 is 24.5. The molecule has 7 heteroatoms. The number of anilines is 1. The molecule has 1 heterocycles. The van der Waals surface area contributed by atoms with E-state index in [0.717, 1.165) is 6.26 Å². The second-order valence-corrected chi connectivity index (χ2v) is 8.23. The average Bonchev–Trinajstić information content (AvgIpc) is 2.71. The van der Waals surface area contributed by atoms with E-state index in [2.05, 4.69) is 15.9 Å². The molecule has 1 N–H and O–H groups in total. The van der Waals surface area contributed by atoms with Crippen LogP contribution in [-0.2, 0) is 14.6 Å². The van der Waals surface area contributed by atoms with E-state index in [1.807, 2.05) is 4.90 Å². The van der Waals surface area contributed by atoms with Crippen LogP contribution in [0.15, 0.2) is 27.6 Å². The molecule has 0 saturated carbocycles. The Morgan fingerprint density at radius 1 is 1.45 bits per heavy atom. The zero-order valence-electron chi connectivity index (χ0n) is 11.3. The number of carboxylic acid groups (broad SMARTS) is 1. The van der Waals surface area contributed by atoms with Gasteiger partial charge in [0.1, 0.15) is 0 Å². The molecule has 1 atom stereocenters. The van der Waals surface area contributed by atoms with E-state index in [-0.39, 0.29) is 4.90 Å². The molecule has 1 aromatic carbocycles. The molecule has 1 unspecified atom stereocenters. The Hall–Kier alpha value is -1.08. The molecule has 2 rings (SSSR count). The van der Waals surface area contributed by atoms with Gasteiger partial charge in [0.25, 0.3) is 0 Å². The maximum atomic E-state index is 11.9. The third-order valence-corrected chi connectivity index (χ3v) is 5.42. The quantitative estimate of drug-likeness (QED) is 0.892. The molecular formula is C13H16BrNO4S. The summed E-state index contributed by atoms with van der Waals surface area (Å²) >= 11 is 3.37. The van der Waals surface area contributed by atoms with Crippen molar-refractivity contribution in [1.82, 2.24) is 0 Å². The Labute approximate surface area is 126 Å². The van der Waals surface area contributed by atoms with Crippen molar-refractivity contribution < 1.29 is 18.3 Å². The van der Waals surface area contributed by atoms with E-state index in [1.54, 1.807) is 25.1 Å². The van der Waals surface area contributed by atoms with Crippen LogP contribution in [-0.4, -0.2) is 38.8 Å². The lowest BCUT2D eigenvalue weighted by atomic mass is 9.90. The summed E-state index contributed by atoms with van der Waals surface area (Å²) in [6.07, 6.45) is 1.65. The highest BCUT2D eigenvalue weighted by molar-refractivity contribution is 9.10. The molecule has 1 aliphatic heterocycles. The number of hydrogen-bond acceptors (Lipinski definition) is 4. The Balaban J connectivity index is 2.48. The number of para-hydroxylation sites is 1. The van der Waals surface area contributed by atoms with Crippen LogP contribution in [0.1, 0.15) is 13.3 Å². The predicted octanol–water partition coefficient (Wildman–Crippen LogP) is 2.15. The third-order valence-electron chi connectivity index (χ3n) is 3.66. The van der Waals surface area contributed by atoms with Gasteiger partial charge in [0.15, 0.2) is 9.84 Å². The number of hydrogen-bond donors (Lipinski definition) is 1. The average molecular weight is 362 g/mol. The fourth-order valence-corrected chi connectivity index (χ4v) is 4.09. The molecule has 0 bridgehead atoms. The summed E-state index contributed by atoms with van der Waals surface area (Å²) in [7, 11) is -3.37. The minimum atomic E-state index is -3.37. The first-order chi connectivity index (χ1) is 9.15. The molecule has 5 nitrogen and oxygen atoms in total. The molecule has 1 saturated heterocycles. The van der Waals surface area contributed by atoms with Crippen molar-refractivity contribution in [2.75, 3.05) is 24.2 Å². The van der Waals surface area contributed by atoms with E-state index in [0.29, 0.717) is 29.7 Å². The summed E-state index contributed by atoms with van der Waals surface area (Å²) in [6.45, 7) is 2.51. The molecule has 0 amide bonds. The van der Waals surface area contributed by atoms with Crippen molar-refractivity contribution in [3.63, 3.8) is 0 Å². The highest BCUT2D eigenvalue weighted by atomic mass is 79.9. The smallest absolute Gasteiger partial charge is 0.311 e. The predicted molar refractivity (Wildman–Crippen MR) is 79.8 cm³/mol. The Morgan fingerprint density at radius 3 is 2.60 bits per heavy atom. The molecule has 0 aromatic heterocycles. The van der Waals surface area contributed by atoms with Crippen molar-refractivity contribution in [3.8, 4) is 0 Å². The van der Waals surface area contributed by atoms with E-state index in [1.165, 1.54) is 0 Å². The molecule has 1 aliphatic rings. The fraction of sp³-hybridized carbons (Fsp3) is 0.462. The number of aliphatic carboxylic acids is 1. The summed E-state index contributed by atoms with van der Waals surface area (Å²) in [4.78, 5) is 13.4. The third kappa shape index (κ3) is 2.69. The van der Waals surface area contributed by atoms with Crippen molar-refractivity contribution in [2.45, 2.75) is 18.2 Å². The minimum Gasteiger partial charge on any atom is -0.481 e. The Bertz CT molecular complexity index is 658. The van der Waals surface area contributed by atoms with E-state index in [4.69, 9.17) is 0 Å².